The van der Waals surface area contributed by atoms with Crippen molar-refractivity contribution in [3.05, 3.63) is 64.7 Å². The summed E-state index contributed by atoms with van der Waals surface area (Å²) in [6.45, 7) is 8.20. The minimum Gasteiger partial charge on any atom is -0.352 e. The maximum atomic E-state index is 13.1. The van der Waals surface area contributed by atoms with Crippen LogP contribution in [0.4, 0.5) is 0 Å². The SMILES string of the molecule is CC[C@@H](C)NC(=O)[C@H](C)N(Cc1ccccc1C)C(=O)CSc1ccc(Cl)cc1. The summed E-state index contributed by atoms with van der Waals surface area (Å²) >= 11 is 7.38. The van der Waals surface area contributed by atoms with Crippen molar-refractivity contribution in [1.29, 1.82) is 0 Å². The van der Waals surface area contributed by atoms with Gasteiger partial charge in [-0.3, -0.25) is 9.59 Å². The highest BCUT2D eigenvalue weighted by Gasteiger charge is 2.27. The van der Waals surface area contributed by atoms with E-state index in [2.05, 4.69) is 5.32 Å². The number of halogens is 1. The highest BCUT2D eigenvalue weighted by molar-refractivity contribution is 8.00. The molecule has 29 heavy (non-hydrogen) atoms. The van der Waals surface area contributed by atoms with Crippen LogP contribution in [0.3, 0.4) is 0 Å². The normalized spacial score (nSPS) is 12.9. The van der Waals surface area contributed by atoms with Crippen molar-refractivity contribution in [2.45, 2.75) is 57.6 Å². The third-order valence-electron chi connectivity index (χ3n) is 4.95. The van der Waals surface area contributed by atoms with Gasteiger partial charge >= 0.3 is 0 Å². The molecule has 0 spiro atoms. The van der Waals surface area contributed by atoms with Gasteiger partial charge in [0.1, 0.15) is 6.04 Å². The van der Waals surface area contributed by atoms with Gasteiger partial charge in [-0.1, -0.05) is 42.8 Å². The van der Waals surface area contributed by atoms with Gasteiger partial charge in [-0.05, 0) is 62.6 Å². The van der Waals surface area contributed by atoms with Gasteiger partial charge in [0.05, 0.1) is 5.75 Å². The summed E-state index contributed by atoms with van der Waals surface area (Å²) in [5.74, 6) is 0.0619. The molecule has 0 aliphatic carbocycles. The lowest BCUT2D eigenvalue weighted by Gasteiger charge is -2.30. The summed E-state index contributed by atoms with van der Waals surface area (Å²) < 4.78 is 0. The zero-order valence-corrected chi connectivity index (χ0v) is 19.0. The molecule has 4 nitrogen and oxygen atoms in total. The average Bonchev–Trinajstić information content (AvgIpc) is 2.71. The molecular weight excluding hydrogens is 404 g/mol. The second kappa shape index (κ2) is 11.3. The van der Waals surface area contributed by atoms with Crippen LogP contribution in [0.2, 0.25) is 5.02 Å². The molecule has 6 heteroatoms. The third kappa shape index (κ3) is 7.09. The van der Waals surface area contributed by atoms with Crippen molar-refractivity contribution < 1.29 is 9.59 Å². The quantitative estimate of drug-likeness (QED) is 0.562. The molecule has 0 aliphatic heterocycles. The van der Waals surface area contributed by atoms with Crippen molar-refractivity contribution in [1.82, 2.24) is 10.2 Å². The van der Waals surface area contributed by atoms with Crippen LogP contribution < -0.4 is 5.32 Å². The van der Waals surface area contributed by atoms with Crippen molar-refractivity contribution in [3.63, 3.8) is 0 Å². The summed E-state index contributed by atoms with van der Waals surface area (Å²) in [5, 5.41) is 3.65. The number of hydrogen-bond acceptors (Lipinski definition) is 3. The van der Waals surface area contributed by atoms with E-state index in [1.807, 2.05) is 69.3 Å². The molecule has 0 saturated carbocycles. The predicted octanol–water partition coefficient (Wildman–Crippen LogP) is 5.07. The van der Waals surface area contributed by atoms with E-state index in [4.69, 9.17) is 11.6 Å². The van der Waals surface area contributed by atoms with Crippen LogP contribution >= 0.6 is 23.4 Å². The highest BCUT2D eigenvalue weighted by Crippen LogP contribution is 2.22. The smallest absolute Gasteiger partial charge is 0.242 e. The molecule has 2 amide bonds. The van der Waals surface area contributed by atoms with E-state index in [1.165, 1.54) is 11.8 Å². The number of nitrogens with one attached hydrogen (secondary N) is 1. The van der Waals surface area contributed by atoms with Gasteiger partial charge < -0.3 is 10.2 Å². The Bertz CT molecular complexity index is 826. The molecule has 1 N–H and O–H groups in total. The van der Waals surface area contributed by atoms with Gasteiger partial charge in [0, 0.05) is 22.5 Å². The molecule has 156 valence electrons. The van der Waals surface area contributed by atoms with Gasteiger partial charge in [0.15, 0.2) is 0 Å². The molecule has 0 aliphatic rings. The molecular formula is C23H29ClN2O2S. The van der Waals surface area contributed by atoms with Crippen molar-refractivity contribution in [2.75, 3.05) is 5.75 Å². The van der Waals surface area contributed by atoms with E-state index in [9.17, 15) is 9.59 Å². The molecule has 0 radical (unpaired) electrons. The summed E-state index contributed by atoms with van der Waals surface area (Å²) in [7, 11) is 0. The Morgan fingerprint density at radius 1 is 1.10 bits per heavy atom. The first-order valence-electron chi connectivity index (χ1n) is 9.84. The number of nitrogens with zero attached hydrogens (tertiary/aromatic N) is 1. The number of hydrogen-bond donors (Lipinski definition) is 1. The number of carbonyl (C=O) groups is 2. The summed E-state index contributed by atoms with van der Waals surface area (Å²) in [4.78, 5) is 28.5. The number of amides is 2. The van der Waals surface area contributed by atoms with E-state index in [1.54, 1.807) is 11.8 Å². The van der Waals surface area contributed by atoms with E-state index in [-0.39, 0.29) is 23.6 Å². The van der Waals surface area contributed by atoms with Crippen LogP contribution in [-0.2, 0) is 16.1 Å². The molecule has 0 aromatic heterocycles. The van der Waals surface area contributed by atoms with Gasteiger partial charge in [0.2, 0.25) is 11.8 Å². The molecule has 2 aromatic carbocycles. The van der Waals surface area contributed by atoms with Crippen LogP contribution in [0, 0.1) is 6.92 Å². The Morgan fingerprint density at radius 3 is 2.38 bits per heavy atom. The molecule has 0 bridgehead atoms. The molecule has 2 aromatic rings. The summed E-state index contributed by atoms with van der Waals surface area (Å²) in [5.41, 5.74) is 2.14. The summed E-state index contributed by atoms with van der Waals surface area (Å²) in [6.07, 6.45) is 0.844. The zero-order valence-electron chi connectivity index (χ0n) is 17.4. The topological polar surface area (TPSA) is 49.4 Å². The largest absolute Gasteiger partial charge is 0.352 e. The Labute approximate surface area is 183 Å². The number of rotatable bonds is 9. The van der Waals surface area contributed by atoms with E-state index >= 15 is 0 Å². The second-order valence-electron chi connectivity index (χ2n) is 7.18. The van der Waals surface area contributed by atoms with Crippen LogP contribution in [0.15, 0.2) is 53.4 Å². The molecule has 0 heterocycles. The van der Waals surface area contributed by atoms with Crippen molar-refractivity contribution in [3.8, 4) is 0 Å². The van der Waals surface area contributed by atoms with Gasteiger partial charge in [-0.2, -0.15) is 0 Å². The molecule has 2 rings (SSSR count). The number of thioether (sulfide) groups is 1. The maximum Gasteiger partial charge on any atom is 0.242 e. The molecule has 0 unspecified atom stereocenters. The standard InChI is InChI=1S/C23H29ClN2O2S/c1-5-17(3)25-23(28)18(4)26(14-19-9-7-6-8-16(19)2)22(27)15-29-21-12-10-20(24)11-13-21/h6-13,17-18H,5,14-15H2,1-4H3,(H,25,28)/t17-,18+/m1/s1. The fraction of sp³-hybridized carbons (Fsp3) is 0.391. The Morgan fingerprint density at radius 2 is 1.76 bits per heavy atom. The number of carbonyl (C=O) groups excluding carboxylic acids is 2. The number of aryl methyl sites for hydroxylation is 1. The lowest BCUT2D eigenvalue weighted by Crippen LogP contribution is -2.50. The first-order valence-corrected chi connectivity index (χ1v) is 11.2. The first kappa shape index (κ1) is 23.3. The minimum atomic E-state index is -0.554. The predicted molar refractivity (Wildman–Crippen MR) is 121 cm³/mol. The third-order valence-corrected chi connectivity index (χ3v) is 6.19. The molecule has 0 saturated heterocycles. The van der Waals surface area contributed by atoms with E-state index < -0.39 is 6.04 Å². The maximum absolute atomic E-state index is 13.1. The van der Waals surface area contributed by atoms with Gasteiger partial charge in [0.25, 0.3) is 0 Å². The van der Waals surface area contributed by atoms with Gasteiger partial charge in [-0.25, -0.2) is 0 Å². The fourth-order valence-electron chi connectivity index (χ4n) is 2.78. The van der Waals surface area contributed by atoms with Crippen LogP contribution in [0.1, 0.15) is 38.3 Å². The second-order valence-corrected chi connectivity index (χ2v) is 8.67. The lowest BCUT2D eigenvalue weighted by atomic mass is 10.1. The average molecular weight is 433 g/mol. The van der Waals surface area contributed by atoms with E-state index in [0.717, 1.165) is 22.4 Å². The van der Waals surface area contributed by atoms with Crippen LogP contribution in [-0.4, -0.2) is 34.6 Å². The summed E-state index contributed by atoms with van der Waals surface area (Å²) in [6, 6.07) is 14.9. The zero-order chi connectivity index (χ0) is 21.4. The first-order chi connectivity index (χ1) is 13.8. The van der Waals surface area contributed by atoms with Crippen molar-refractivity contribution in [2.24, 2.45) is 0 Å². The van der Waals surface area contributed by atoms with E-state index in [0.29, 0.717) is 11.6 Å². The Hall–Kier alpha value is -1.98. The Kier molecular flexibility index (Phi) is 9.05. The highest BCUT2D eigenvalue weighted by atomic mass is 35.5. The Balaban J connectivity index is 2.15. The van der Waals surface area contributed by atoms with Gasteiger partial charge in [-0.15, -0.1) is 11.8 Å². The monoisotopic (exact) mass is 432 g/mol. The van der Waals surface area contributed by atoms with Crippen LogP contribution in [0.25, 0.3) is 0 Å². The number of benzene rings is 2. The fourth-order valence-corrected chi connectivity index (χ4v) is 3.69. The lowest BCUT2D eigenvalue weighted by molar-refractivity contribution is -0.138. The molecule has 0 fully saturated rings. The minimum absolute atomic E-state index is 0.0694. The van der Waals surface area contributed by atoms with Crippen molar-refractivity contribution >= 4 is 35.2 Å². The van der Waals surface area contributed by atoms with Crippen LogP contribution in [0.5, 0.6) is 0 Å². The molecule has 2 atom stereocenters.